The van der Waals surface area contributed by atoms with Crippen molar-refractivity contribution in [3.05, 3.63) is 194 Å². The third-order valence-electron chi connectivity index (χ3n) is 18.1. The molecule has 0 amide bonds. The monoisotopic (exact) mass is 1490 g/mol. The maximum Gasteiger partial charge on any atom is 0.472 e. The van der Waals surface area contributed by atoms with Crippen LogP contribution in [0.15, 0.2) is 194 Å². The standard InChI is InChI=1S/C96H160NO8P/c1-6-8-10-12-14-16-18-20-22-24-26-28-30-32-34-36-38-40-42-44-46-48-50-52-54-56-58-60-62-64-66-68-70-72-74-76-78-80-82-84-86-88-95(98)102-92-94(93-104-106(100,101)103-91-90-97(3,4)5)105-96(99)89-87-85-83-81-79-77-75-73-71-69-67-65-63-61-59-57-55-53-51-49-47-45-43-41-39-37-35-33-31-29-27-25-23-21-19-17-15-13-11-9-7-2/h8-11,14-17,20-23,26-29,32-35,38-41,44-47,51,53,57,59,94H,6-7,12-13,18-19,24-25,30-31,36-37,42-43,48-50,52,54-56,58,60-93H2,1-5H3/p+1/b10-8-,11-9-,16-14-,17-15-,22-20-,23-21-,28-26-,29-27-,34-32-,35-33-,40-38-,41-39-,46-44-,47-45-,53-51-,59-57-. The molecule has 0 rings (SSSR count). The molecule has 0 aliphatic heterocycles. The molecular formula is C96H161NO8P+. The molecule has 0 spiro atoms. The van der Waals surface area contributed by atoms with Gasteiger partial charge in [-0.15, -0.1) is 0 Å². The Kier molecular flexibility index (Phi) is 79.8. The summed E-state index contributed by atoms with van der Waals surface area (Å²) >= 11 is 0. The van der Waals surface area contributed by atoms with Crippen molar-refractivity contribution in [1.29, 1.82) is 0 Å². The second-order valence-corrected chi connectivity index (χ2v) is 30.9. The van der Waals surface area contributed by atoms with Gasteiger partial charge in [0.25, 0.3) is 0 Å². The van der Waals surface area contributed by atoms with E-state index in [1.807, 2.05) is 21.1 Å². The highest BCUT2D eigenvalue weighted by molar-refractivity contribution is 7.47. The van der Waals surface area contributed by atoms with Gasteiger partial charge in [-0.3, -0.25) is 18.6 Å². The molecule has 0 heterocycles. The van der Waals surface area contributed by atoms with Crippen LogP contribution in [-0.4, -0.2) is 74.9 Å². The summed E-state index contributed by atoms with van der Waals surface area (Å²) < 4.78 is 34.9. The number of quaternary nitrogens is 1. The molecule has 106 heavy (non-hydrogen) atoms. The van der Waals surface area contributed by atoms with E-state index in [2.05, 4.69) is 208 Å². The lowest BCUT2D eigenvalue weighted by Gasteiger charge is -2.24. The van der Waals surface area contributed by atoms with Crippen molar-refractivity contribution in [3.63, 3.8) is 0 Å². The van der Waals surface area contributed by atoms with Crippen molar-refractivity contribution in [2.24, 2.45) is 0 Å². The molecule has 0 saturated carbocycles. The molecule has 0 aromatic carbocycles. The second kappa shape index (κ2) is 83.9. The van der Waals surface area contributed by atoms with E-state index >= 15 is 0 Å². The number of phosphoric acid groups is 1. The SMILES string of the molecule is CC/C=C\C/C=C\C/C=C\C/C=C\C/C=C\C/C=C\C/C=C\C/C=C\C/C=C\CCCCCCCCCCCCCCCC(=O)OC(COC(=O)CCCCCCCCCCCCCCCCCCCCC/C=C\C/C=C\C/C=C\C/C=C\C/C=C\C/C=C\C/C=C\CC)COP(=O)(O)OCC[N+](C)(C)C. The maximum atomic E-state index is 12.9. The van der Waals surface area contributed by atoms with Crippen LogP contribution in [0.5, 0.6) is 0 Å². The van der Waals surface area contributed by atoms with Crippen molar-refractivity contribution in [2.45, 2.75) is 354 Å². The topological polar surface area (TPSA) is 108 Å². The van der Waals surface area contributed by atoms with Crippen molar-refractivity contribution < 1.29 is 42.1 Å². The van der Waals surface area contributed by atoms with E-state index in [9.17, 15) is 19.0 Å². The number of allylic oxidation sites excluding steroid dienone is 32. The van der Waals surface area contributed by atoms with Crippen LogP contribution >= 0.6 is 7.82 Å². The van der Waals surface area contributed by atoms with Crippen molar-refractivity contribution in [2.75, 3.05) is 47.5 Å². The first-order valence-electron chi connectivity index (χ1n) is 43.2. The second-order valence-electron chi connectivity index (χ2n) is 29.5. The molecule has 602 valence electrons. The van der Waals surface area contributed by atoms with E-state index in [0.29, 0.717) is 17.4 Å². The molecule has 0 aliphatic rings. The van der Waals surface area contributed by atoms with Crippen LogP contribution in [0.25, 0.3) is 0 Å². The smallest absolute Gasteiger partial charge is 0.462 e. The van der Waals surface area contributed by atoms with Crippen LogP contribution in [-0.2, 0) is 32.7 Å². The lowest BCUT2D eigenvalue weighted by Crippen LogP contribution is -2.37. The first kappa shape index (κ1) is 101. The van der Waals surface area contributed by atoms with Gasteiger partial charge in [0.1, 0.15) is 19.8 Å². The highest BCUT2D eigenvalue weighted by atomic mass is 31.2. The van der Waals surface area contributed by atoms with Crippen LogP contribution < -0.4 is 0 Å². The third kappa shape index (κ3) is 87.8. The third-order valence-corrected chi connectivity index (χ3v) is 19.1. The van der Waals surface area contributed by atoms with E-state index in [4.69, 9.17) is 18.5 Å². The van der Waals surface area contributed by atoms with Gasteiger partial charge in [0, 0.05) is 12.8 Å². The van der Waals surface area contributed by atoms with Crippen LogP contribution in [0.4, 0.5) is 0 Å². The van der Waals surface area contributed by atoms with E-state index in [1.165, 1.54) is 173 Å². The molecule has 9 nitrogen and oxygen atoms in total. The first-order chi connectivity index (χ1) is 52.0. The largest absolute Gasteiger partial charge is 0.472 e. The lowest BCUT2D eigenvalue weighted by atomic mass is 10.0. The zero-order valence-corrected chi connectivity index (χ0v) is 69.7. The number of nitrogens with zero attached hydrogens (tertiary/aromatic N) is 1. The van der Waals surface area contributed by atoms with Gasteiger partial charge in [0.05, 0.1) is 27.7 Å². The summed E-state index contributed by atoms with van der Waals surface area (Å²) in [5, 5.41) is 0. The van der Waals surface area contributed by atoms with Crippen LogP contribution in [0.2, 0.25) is 0 Å². The number of hydrogen-bond donors (Lipinski definition) is 1. The van der Waals surface area contributed by atoms with Crippen molar-refractivity contribution >= 4 is 19.8 Å². The fraction of sp³-hybridized carbons (Fsp3) is 0.646. The highest BCUT2D eigenvalue weighted by Crippen LogP contribution is 2.43. The Morgan fingerprint density at radius 3 is 0.755 bits per heavy atom. The first-order valence-corrected chi connectivity index (χ1v) is 44.7. The van der Waals surface area contributed by atoms with Gasteiger partial charge in [-0.1, -0.05) is 388 Å². The number of rotatable bonds is 78. The summed E-state index contributed by atoms with van der Waals surface area (Å²) in [5.41, 5.74) is 0. The number of carbonyl (C=O) groups excluding carboxylic acids is 2. The van der Waals surface area contributed by atoms with E-state index < -0.39 is 26.5 Å². The predicted octanol–water partition coefficient (Wildman–Crippen LogP) is 29.5. The molecule has 0 saturated heterocycles. The lowest BCUT2D eigenvalue weighted by molar-refractivity contribution is -0.870. The minimum Gasteiger partial charge on any atom is -0.462 e. The molecule has 0 radical (unpaired) electrons. The van der Waals surface area contributed by atoms with Gasteiger partial charge >= 0.3 is 19.8 Å². The quantitative estimate of drug-likeness (QED) is 0.0211. The normalized spacial score (nSPS) is 14.0. The summed E-state index contributed by atoms with van der Waals surface area (Å²) in [6, 6.07) is 0. The van der Waals surface area contributed by atoms with Crippen molar-refractivity contribution in [3.8, 4) is 0 Å². The zero-order chi connectivity index (χ0) is 76.8. The molecule has 0 aliphatic carbocycles. The van der Waals surface area contributed by atoms with Gasteiger partial charge in [-0.25, -0.2) is 4.57 Å². The molecule has 0 fully saturated rings. The maximum absolute atomic E-state index is 12.9. The van der Waals surface area contributed by atoms with Crippen LogP contribution in [0.3, 0.4) is 0 Å². The molecule has 10 heteroatoms. The molecular weight excluding hydrogens is 1330 g/mol. The molecule has 0 bridgehead atoms. The van der Waals surface area contributed by atoms with E-state index in [0.717, 1.165) is 141 Å². The average molecular weight is 1490 g/mol. The number of esters is 2. The van der Waals surface area contributed by atoms with Gasteiger partial charge in [0.2, 0.25) is 0 Å². The zero-order valence-electron chi connectivity index (χ0n) is 68.8. The van der Waals surface area contributed by atoms with Gasteiger partial charge in [-0.2, -0.15) is 0 Å². The van der Waals surface area contributed by atoms with E-state index in [-0.39, 0.29) is 32.0 Å². The summed E-state index contributed by atoms with van der Waals surface area (Å²) in [4.78, 5) is 36.1. The number of likely N-dealkylation sites (N-methyl/N-ethyl adjacent to an activating group) is 1. The number of phosphoric ester groups is 1. The fourth-order valence-corrected chi connectivity index (χ4v) is 12.4. The number of hydrogen-bond acceptors (Lipinski definition) is 7. The summed E-state index contributed by atoms with van der Waals surface area (Å²) in [6.45, 7) is 4.22. The summed E-state index contributed by atoms with van der Waals surface area (Å²) in [7, 11) is 1.47. The summed E-state index contributed by atoms with van der Waals surface area (Å²) in [6.07, 6.45) is 130. The Hall–Kier alpha value is -5.15. The van der Waals surface area contributed by atoms with Gasteiger partial charge in [-0.05, 0) is 141 Å². The number of unbranched alkanes of at least 4 members (excludes halogenated alkanes) is 32. The Bertz CT molecular complexity index is 2510. The predicted molar refractivity (Wildman–Crippen MR) is 463 cm³/mol. The molecule has 0 aromatic heterocycles. The Morgan fingerprint density at radius 2 is 0.509 bits per heavy atom. The highest BCUT2D eigenvalue weighted by Gasteiger charge is 2.27. The van der Waals surface area contributed by atoms with Crippen molar-refractivity contribution in [1.82, 2.24) is 0 Å². The van der Waals surface area contributed by atoms with Crippen LogP contribution in [0, 0.1) is 0 Å². The number of carbonyl (C=O) groups is 2. The minimum atomic E-state index is -4.41. The Labute approximate surface area is 653 Å². The fourth-order valence-electron chi connectivity index (χ4n) is 11.6. The van der Waals surface area contributed by atoms with E-state index in [1.54, 1.807) is 0 Å². The Morgan fingerprint density at radius 1 is 0.292 bits per heavy atom. The molecule has 2 unspecified atom stereocenters. The van der Waals surface area contributed by atoms with Gasteiger partial charge < -0.3 is 18.9 Å². The van der Waals surface area contributed by atoms with Crippen LogP contribution in [0.1, 0.15) is 348 Å². The average Bonchev–Trinajstić information content (AvgIpc) is 0.908. The Balaban J connectivity index is 3.98. The summed E-state index contributed by atoms with van der Waals surface area (Å²) in [5.74, 6) is -0.795. The molecule has 1 N–H and O–H groups in total. The molecule has 2 atom stereocenters. The molecule has 0 aromatic rings. The number of ether oxygens (including phenoxy) is 2. The van der Waals surface area contributed by atoms with Gasteiger partial charge in [0.15, 0.2) is 6.10 Å². The minimum absolute atomic E-state index is 0.0256.